The average Bonchev–Trinajstić information content (AvgIpc) is 2.63. The number of carbonyl (C=O) groups excluding carboxylic acids is 1. The van der Waals surface area contributed by atoms with Gasteiger partial charge in [0.15, 0.2) is 0 Å². The summed E-state index contributed by atoms with van der Waals surface area (Å²) in [4.78, 5) is 11.8. The van der Waals surface area contributed by atoms with Crippen LogP contribution in [0.25, 0.3) is 0 Å². The standard InChI is InChI=1S/C14H26N2O3/c17-13-5-3-1-2-4-12(13)16-14(18)10-19-11-6-8-15-9-7-11/h11-13,15,17H,1-10H2,(H,16,18). The van der Waals surface area contributed by atoms with Crippen LogP contribution >= 0.6 is 0 Å². The predicted octanol–water partition coefficient (Wildman–Crippen LogP) is 0.565. The molecule has 0 aromatic rings. The van der Waals surface area contributed by atoms with Crippen molar-refractivity contribution in [2.45, 2.75) is 63.2 Å². The van der Waals surface area contributed by atoms with E-state index < -0.39 is 6.10 Å². The van der Waals surface area contributed by atoms with E-state index in [0.717, 1.165) is 58.0 Å². The number of hydrogen-bond acceptors (Lipinski definition) is 4. The first-order valence-corrected chi connectivity index (χ1v) is 7.55. The average molecular weight is 270 g/mol. The fourth-order valence-corrected chi connectivity index (χ4v) is 2.86. The second-order valence-corrected chi connectivity index (χ2v) is 5.64. The summed E-state index contributed by atoms with van der Waals surface area (Å²) < 4.78 is 5.62. The molecule has 0 aromatic carbocycles. The molecule has 1 saturated carbocycles. The lowest BCUT2D eigenvalue weighted by Gasteiger charge is -2.24. The Morgan fingerprint density at radius 1 is 1.16 bits per heavy atom. The highest BCUT2D eigenvalue weighted by molar-refractivity contribution is 5.77. The molecule has 2 fully saturated rings. The van der Waals surface area contributed by atoms with Crippen molar-refractivity contribution < 1.29 is 14.6 Å². The molecule has 0 radical (unpaired) electrons. The predicted molar refractivity (Wildman–Crippen MR) is 72.9 cm³/mol. The normalized spacial score (nSPS) is 29.7. The molecule has 19 heavy (non-hydrogen) atoms. The first-order chi connectivity index (χ1) is 9.25. The van der Waals surface area contributed by atoms with Gasteiger partial charge in [0.1, 0.15) is 6.61 Å². The van der Waals surface area contributed by atoms with Gasteiger partial charge >= 0.3 is 0 Å². The summed E-state index contributed by atoms with van der Waals surface area (Å²) in [5.41, 5.74) is 0. The molecular weight excluding hydrogens is 244 g/mol. The zero-order valence-electron chi connectivity index (χ0n) is 11.6. The number of nitrogens with one attached hydrogen (secondary N) is 2. The summed E-state index contributed by atoms with van der Waals surface area (Å²) in [5, 5.41) is 16.1. The topological polar surface area (TPSA) is 70.6 Å². The maximum absolute atomic E-state index is 11.8. The Balaban J connectivity index is 1.67. The van der Waals surface area contributed by atoms with Crippen LogP contribution in [0.15, 0.2) is 0 Å². The van der Waals surface area contributed by atoms with E-state index in [-0.39, 0.29) is 24.7 Å². The van der Waals surface area contributed by atoms with Crippen LogP contribution in [0.5, 0.6) is 0 Å². The van der Waals surface area contributed by atoms with Gasteiger partial charge in [-0.1, -0.05) is 19.3 Å². The van der Waals surface area contributed by atoms with Gasteiger partial charge < -0.3 is 20.5 Å². The third-order valence-corrected chi connectivity index (χ3v) is 4.06. The fourth-order valence-electron chi connectivity index (χ4n) is 2.86. The van der Waals surface area contributed by atoms with Crippen LogP contribution < -0.4 is 10.6 Å². The van der Waals surface area contributed by atoms with E-state index in [0.29, 0.717) is 0 Å². The van der Waals surface area contributed by atoms with Crippen LogP contribution in [0.1, 0.15) is 44.9 Å². The number of aliphatic hydroxyl groups excluding tert-OH is 1. The summed E-state index contributed by atoms with van der Waals surface area (Å²) in [7, 11) is 0. The van der Waals surface area contributed by atoms with E-state index in [1.807, 2.05) is 0 Å². The number of amides is 1. The summed E-state index contributed by atoms with van der Waals surface area (Å²) in [5.74, 6) is -0.0931. The number of piperidine rings is 1. The van der Waals surface area contributed by atoms with Crippen molar-refractivity contribution in [2.24, 2.45) is 0 Å². The summed E-state index contributed by atoms with van der Waals surface area (Å²) in [6, 6.07) is -0.0911. The number of aliphatic hydroxyl groups is 1. The van der Waals surface area contributed by atoms with E-state index >= 15 is 0 Å². The van der Waals surface area contributed by atoms with Crippen molar-refractivity contribution in [2.75, 3.05) is 19.7 Å². The molecule has 1 heterocycles. The Morgan fingerprint density at radius 3 is 2.68 bits per heavy atom. The lowest BCUT2D eigenvalue weighted by molar-refractivity contribution is -0.129. The van der Waals surface area contributed by atoms with Crippen LogP contribution in [0.2, 0.25) is 0 Å². The summed E-state index contributed by atoms with van der Waals surface area (Å²) in [6.07, 6.45) is 6.70. The molecule has 5 heteroatoms. The number of carbonyl (C=O) groups is 1. The SMILES string of the molecule is O=C(COC1CCNCC1)NC1CCCCCC1O. The quantitative estimate of drug-likeness (QED) is 0.653. The smallest absolute Gasteiger partial charge is 0.246 e. The number of rotatable bonds is 4. The molecule has 2 rings (SSSR count). The number of ether oxygens (including phenoxy) is 1. The minimum absolute atomic E-state index is 0.0911. The van der Waals surface area contributed by atoms with Crippen molar-refractivity contribution in [3.8, 4) is 0 Å². The molecule has 2 aliphatic rings. The fraction of sp³-hybridized carbons (Fsp3) is 0.929. The Kier molecular flexibility index (Phi) is 6.07. The molecule has 1 saturated heterocycles. The van der Waals surface area contributed by atoms with Crippen molar-refractivity contribution >= 4 is 5.91 Å². The van der Waals surface area contributed by atoms with Gasteiger partial charge in [-0.3, -0.25) is 4.79 Å². The second kappa shape index (κ2) is 7.82. The van der Waals surface area contributed by atoms with Gasteiger partial charge in [0, 0.05) is 0 Å². The number of hydrogen-bond donors (Lipinski definition) is 3. The van der Waals surface area contributed by atoms with Crippen molar-refractivity contribution in [3.63, 3.8) is 0 Å². The Bertz CT molecular complexity index is 280. The van der Waals surface area contributed by atoms with Gasteiger partial charge in [0.25, 0.3) is 0 Å². The van der Waals surface area contributed by atoms with Gasteiger partial charge in [-0.15, -0.1) is 0 Å². The van der Waals surface area contributed by atoms with Crippen molar-refractivity contribution in [3.05, 3.63) is 0 Å². The van der Waals surface area contributed by atoms with Gasteiger partial charge in [-0.2, -0.15) is 0 Å². The highest BCUT2D eigenvalue weighted by Gasteiger charge is 2.23. The molecule has 0 spiro atoms. The maximum Gasteiger partial charge on any atom is 0.246 e. The van der Waals surface area contributed by atoms with Gasteiger partial charge in [0.2, 0.25) is 5.91 Å². The van der Waals surface area contributed by atoms with Gasteiger partial charge in [-0.05, 0) is 38.8 Å². The molecule has 1 aliphatic carbocycles. The summed E-state index contributed by atoms with van der Waals surface area (Å²) in [6.45, 7) is 2.05. The zero-order valence-corrected chi connectivity index (χ0v) is 11.6. The Hall–Kier alpha value is -0.650. The first kappa shape index (κ1) is 14.8. The molecule has 3 N–H and O–H groups in total. The van der Waals surface area contributed by atoms with E-state index in [2.05, 4.69) is 10.6 Å². The molecular formula is C14H26N2O3. The molecule has 0 bridgehead atoms. The van der Waals surface area contributed by atoms with Crippen LogP contribution in [0, 0.1) is 0 Å². The van der Waals surface area contributed by atoms with E-state index in [4.69, 9.17) is 4.74 Å². The second-order valence-electron chi connectivity index (χ2n) is 5.64. The van der Waals surface area contributed by atoms with E-state index in [1.165, 1.54) is 0 Å². The van der Waals surface area contributed by atoms with Crippen LogP contribution in [-0.2, 0) is 9.53 Å². The highest BCUT2D eigenvalue weighted by Crippen LogP contribution is 2.18. The summed E-state index contributed by atoms with van der Waals surface area (Å²) >= 11 is 0. The van der Waals surface area contributed by atoms with E-state index in [1.54, 1.807) is 0 Å². The zero-order chi connectivity index (χ0) is 13.5. The maximum atomic E-state index is 11.8. The molecule has 5 nitrogen and oxygen atoms in total. The lowest BCUT2D eigenvalue weighted by Crippen LogP contribution is -2.45. The molecule has 110 valence electrons. The first-order valence-electron chi connectivity index (χ1n) is 7.55. The molecule has 1 aliphatic heterocycles. The third kappa shape index (κ3) is 5.09. The van der Waals surface area contributed by atoms with Crippen LogP contribution in [0.3, 0.4) is 0 Å². The Labute approximate surface area is 115 Å². The van der Waals surface area contributed by atoms with E-state index in [9.17, 15) is 9.90 Å². The molecule has 0 aromatic heterocycles. The third-order valence-electron chi connectivity index (χ3n) is 4.06. The van der Waals surface area contributed by atoms with Crippen molar-refractivity contribution in [1.82, 2.24) is 10.6 Å². The molecule has 1 amide bonds. The largest absolute Gasteiger partial charge is 0.391 e. The molecule has 2 atom stereocenters. The minimum atomic E-state index is -0.398. The highest BCUT2D eigenvalue weighted by atomic mass is 16.5. The van der Waals surface area contributed by atoms with Gasteiger partial charge in [0.05, 0.1) is 18.2 Å². The minimum Gasteiger partial charge on any atom is -0.391 e. The molecule has 2 unspecified atom stereocenters. The van der Waals surface area contributed by atoms with Gasteiger partial charge in [-0.25, -0.2) is 0 Å². The lowest BCUT2D eigenvalue weighted by atomic mass is 10.1. The van der Waals surface area contributed by atoms with Crippen molar-refractivity contribution in [1.29, 1.82) is 0 Å². The van der Waals surface area contributed by atoms with Crippen LogP contribution in [-0.4, -0.2) is 49.0 Å². The Morgan fingerprint density at radius 2 is 1.89 bits per heavy atom. The monoisotopic (exact) mass is 270 g/mol. The van der Waals surface area contributed by atoms with Crippen LogP contribution in [0.4, 0.5) is 0 Å².